The smallest absolute Gasteiger partial charge is 0.387 e. The van der Waals surface area contributed by atoms with Gasteiger partial charge in [-0.2, -0.15) is 13.9 Å². The van der Waals surface area contributed by atoms with Gasteiger partial charge in [-0.15, -0.1) is 0 Å². The number of fused-ring (bicyclic) bond motifs is 1. The van der Waals surface area contributed by atoms with Gasteiger partial charge in [-0.1, -0.05) is 0 Å². The Morgan fingerprint density at radius 3 is 2.74 bits per heavy atom. The first kappa shape index (κ1) is 12.4. The maximum absolute atomic E-state index is 12.0. The fourth-order valence-electron chi connectivity index (χ4n) is 1.87. The fourth-order valence-corrected chi connectivity index (χ4v) is 2.66. The van der Waals surface area contributed by atoms with E-state index in [4.69, 9.17) is 0 Å². The molecule has 100 valence electrons. The highest BCUT2D eigenvalue weighted by atomic mass is 32.2. The van der Waals surface area contributed by atoms with Crippen LogP contribution in [0.25, 0.3) is 0 Å². The minimum atomic E-state index is -2.79. The molecule has 1 aliphatic rings. The summed E-state index contributed by atoms with van der Waals surface area (Å²) in [7, 11) is 0. The van der Waals surface area contributed by atoms with Crippen LogP contribution in [0.15, 0.2) is 35.4 Å². The van der Waals surface area contributed by atoms with Crippen LogP contribution in [0.3, 0.4) is 0 Å². The van der Waals surface area contributed by atoms with E-state index in [1.54, 1.807) is 16.2 Å². The average molecular weight is 283 g/mol. The highest BCUT2D eigenvalue weighted by molar-refractivity contribution is 7.97. The number of alkyl halides is 2. The summed E-state index contributed by atoms with van der Waals surface area (Å²) in [4.78, 5) is 0.913. The van der Waals surface area contributed by atoms with Crippen LogP contribution in [0.1, 0.15) is 11.3 Å². The Balaban J connectivity index is 1.69. The molecule has 7 heteroatoms. The first-order valence-corrected chi connectivity index (χ1v) is 6.49. The fraction of sp³-hybridized carbons (Fsp3) is 0.250. The van der Waals surface area contributed by atoms with E-state index in [9.17, 15) is 8.78 Å². The SMILES string of the molecule is FC(F)Oc1ccc(Sn2cc3c(n2)CNC3)cc1. The Morgan fingerprint density at radius 1 is 1.26 bits per heavy atom. The van der Waals surface area contributed by atoms with E-state index in [0.29, 0.717) is 0 Å². The second-order valence-corrected chi connectivity index (χ2v) is 5.08. The maximum atomic E-state index is 12.0. The van der Waals surface area contributed by atoms with Crippen LogP contribution in [0.5, 0.6) is 5.75 Å². The summed E-state index contributed by atoms with van der Waals surface area (Å²) in [6, 6.07) is 6.50. The lowest BCUT2D eigenvalue weighted by Gasteiger charge is -2.05. The minimum absolute atomic E-state index is 0.159. The van der Waals surface area contributed by atoms with Gasteiger partial charge in [0.15, 0.2) is 0 Å². The van der Waals surface area contributed by atoms with Gasteiger partial charge >= 0.3 is 6.61 Å². The number of ether oxygens (including phenoxy) is 1. The van der Waals surface area contributed by atoms with Crippen LogP contribution in [0.2, 0.25) is 0 Å². The summed E-state index contributed by atoms with van der Waals surface area (Å²) in [5.41, 5.74) is 2.26. The van der Waals surface area contributed by atoms with E-state index in [0.717, 1.165) is 23.7 Å². The third-order valence-corrected chi connectivity index (χ3v) is 3.57. The number of halogens is 2. The van der Waals surface area contributed by atoms with Crippen LogP contribution >= 0.6 is 11.9 Å². The molecule has 0 saturated carbocycles. The monoisotopic (exact) mass is 283 g/mol. The van der Waals surface area contributed by atoms with Crippen molar-refractivity contribution in [2.75, 3.05) is 0 Å². The molecule has 1 aromatic heterocycles. The molecule has 3 rings (SSSR count). The number of hydrogen-bond donors (Lipinski definition) is 1. The second kappa shape index (κ2) is 5.18. The molecule has 0 atom stereocenters. The Hall–Kier alpha value is -1.60. The van der Waals surface area contributed by atoms with Crippen LogP contribution < -0.4 is 10.1 Å². The van der Waals surface area contributed by atoms with Gasteiger partial charge in [-0.05, 0) is 24.3 Å². The third kappa shape index (κ3) is 2.87. The van der Waals surface area contributed by atoms with Crippen molar-refractivity contribution in [3.63, 3.8) is 0 Å². The van der Waals surface area contributed by atoms with Gasteiger partial charge in [-0.25, -0.2) is 4.09 Å². The number of aromatic nitrogens is 2. The standard InChI is InChI=1S/C12H11F2N3OS/c13-12(14)18-9-1-3-10(4-2-9)19-17-7-8-5-15-6-11(8)16-17/h1-4,7,12,15H,5-6H2. The molecule has 0 fully saturated rings. The van der Waals surface area contributed by atoms with Crippen molar-refractivity contribution in [3.05, 3.63) is 41.7 Å². The Labute approximate surface area is 112 Å². The van der Waals surface area contributed by atoms with E-state index in [1.807, 2.05) is 6.20 Å². The Bertz CT molecular complexity index is 549. The second-order valence-electron chi connectivity index (χ2n) is 4.05. The Kier molecular flexibility index (Phi) is 3.39. The summed E-state index contributed by atoms with van der Waals surface area (Å²) in [6.07, 6.45) is 1.98. The molecule has 0 aliphatic carbocycles. The topological polar surface area (TPSA) is 39.1 Å². The van der Waals surface area contributed by atoms with E-state index < -0.39 is 6.61 Å². The largest absolute Gasteiger partial charge is 0.435 e. The molecule has 1 N–H and O–H groups in total. The van der Waals surface area contributed by atoms with E-state index in [1.165, 1.54) is 29.6 Å². The molecule has 0 radical (unpaired) electrons. The summed E-state index contributed by atoms with van der Waals surface area (Å²) in [6.45, 7) is -1.15. The molecule has 0 amide bonds. The van der Waals surface area contributed by atoms with Crippen molar-refractivity contribution in [2.24, 2.45) is 0 Å². The van der Waals surface area contributed by atoms with Crippen molar-refractivity contribution < 1.29 is 13.5 Å². The molecule has 2 aromatic rings. The number of benzene rings is 1. The van der Waals surface area contributed by atoms with Crippen molar-refractivity contribution in [2.45, 2.75) is 24.6 Å². The highest BCUT2D eigenvalue weighted by Crippen LogP contribution is 2.25. The third-order valence-electron chi connectivity index (χ3n) is 2.71. The average Bonchev–Trinajstić information content (AvgIpc) is 2.91. The predicted molar refractivity (Wildman–Crippen MR) is 67.1 cm³/mol. The first-order chi connectivity index (χ1) is 9.20. The maximum Gasteiger partial charge on any atom is 0.387 e. The molecular weight excluding hydrogens is 272 g/mol. The van der Waals surface area contributed by atoms with Gasteiger partial charge in [-0.3, -0.25) is 0 Å². The normalized spacial score (nSPS) is 13.8. The van der Waals surface area contributed by atoms with Crippen LogP contribution in [-0.2, 0) is 13.1 Å². The molecule has 0 spiro atoms. The summed E-state index contributed by atoms with van der Waals surface area (Å²) >= 11 is 1.43. The summed E-state index contributed by atoms with van der Waals surface area (Å²) in [5, 5.41) is 7.63. The predicted octanol–water partition coefficient (Wildman–Crippen LogP) is 2.64. The molecule has 0 bridgehead atoms. The molecule has 1 aliphatic heterocycles. The number of nitrogens with zero attached hydrogens (tertiary/aromatic N) is 2. The van der Waals surface area contributed by atoms with E-state index in [2.05, 4.69) is 15.2 Å². The van der Waals surface area contributed by atoms with Gasteiger partial charge in [0.2, 0.25) is 0 Å². The zero-order chi connectivity index (χ0) is 13.2. The van der Waals surface area contributed by atoms with Crippen LogP contribution in [-0.4, -0.2) is 15.8 Å². The van der Waals surface area contributed by atoms with E-state index in [-0.39, 0.29) is 5.75 Å². The molecule has 0 saturated heterocycles. The quantitative estimate of drug-likeness (QED) is 0.936. The highest BCUT2D eigenvalue weighted by Gasteiger charge is 2.14. The van der Waals surface area contributed by atoms with Crippen LogP contribution in [0, 0.1) is 0 Å². The summed E-state index contributed by atoms with van der Waals surface area (Å²) in [5.74, 6) is 0.159. The van der Waals surface area contributed by atoms with Crippen LogP contribution in [0.4, 0.5) is 8.78 Å². The Morgan fingerprint density at radius 2 is 2.05 bits per heavy atom. The molecule has 19 heavy (non-hydrogen) atoms. The number of hydrogen-bond acceptors (Lipinski definition) is 4. The van der Waals surface area contributed by atoms with Gasteiger partial charge in [0.25, 0.3) is 0 Å². The molecule has 1 aromatic carbocycles. The summed E-state index contributed by atoms with van der Waals surface area (Å²) < 4.78 is 30.1. The lowest BCUT2D eigenvalue weighted by molar-refractivity contribution is -0.0498. The minimum Gasteiger partial charge on any atom is -0.435 e. The first-order valence-electron chi connectivity index (χ1n) is 5.72. The van der Waals surface area contributed by atoms with E-state index >= 15 is 0 Å². The van der Waals surface area contributed by atoms with Crippen molar-refractivity contribution in [3.8, 4) is 5.75 Å². The van der Waals surface area contributed by atoms with Crippen molar-refractivity contribution in [1.29, 1.82) is 0 Å². The molecular formula is C12H11F2N3OS. The zero-order valence-electron chi connectivity index (χ0n) is 9.85. The number of rotatable bonds is 4. The molecule has 2 heterocycles. The van der Waals surface area contributed by atoms with Gasteiger partial charge in [0.1, 0.15) is 5.75 Å². The lowest BCUT2D eigenvalue weighted by Crippen LogP contribution is -2.03. The van der Waals surface area contributed by atoms with Gasteiger partial charge in [0.05, 0.1) is 5.69 Å². The molecule has 0 unspecified atom stereocenters. The van der Waals surface area contributed by atoms with Gasteiger partial charge < -0.3 is 10.1 Å². The molecule has 4 nitrogen and oxygen atoms in total. The lowest BCUT2D eigenvalue weighted by atomic mass is 10.3. The van der Waals surface area contributed by atoms with Gasteiger partial charge in [0, 0.05) is 41.7 Å². The van der Waals surface area contributed by atoms with Crippen molar-refractivity contribution in [1.82, 2.24) is 14.5 Å². The van der Waals surface area contributed by atoms with Crippen molar-refractivity contribution >= 4 is 11.9 Å². The number of nitrogens with one attached hydrogen (secondary N) is 1. The zero-order valence-corrected chi connectivity index (χ0v) is 10.7.